The normalized spacial score (nSPS) is 16.0. The van der Waals surface area contributed by atoms with E-state index in [0.717, 1.165) is 66.6 Å². The van der Waals surface area contributed by atoms with E-state index in [0.29, 0.717) is 18.1 Å². The Balaban J connectivity index is 1.09. The summed E-state index contributed by atoms with van der Waals surface area (Å²) >= 11 is 0. The highest BCUT2D eigenvalue weighted by Gasteiger charge is 2.24. The number of hydrogen-bond donors (Lipinski definition) is 1. The topological polar surface area (TPSA) is 67.2 Å². The molecule has 1 aliphatic heterocycles. The number of ether oxygens (including phenoxy) is 1. The van der Waals surface area contributed by atoms with Gasteiger partial charge in [0.15, 0.2) is 5.58 Å². The van der Waals surface area contributed by atoms with Crippen LogP contribution in [0.3, 0.4) is 0 Å². The highest BCUT2D eigenvalue weighted by atomic mass is 19.1. The predicted molar refractivity (Wildman–Crippen MR) is 109 cm³/mol. The number of nitrogens with one attached hydrogen (secondary N) is 1. The Morgan fingerprint density at radius 2 is 2.07 bits per heavy atom. The summed E-state index contributed by atoms with van der Waals surface area (Å²) in [5, 5.41) is 13.2. The minimum Gasteiger partial charge on any atom is -0.493 e. The Morgan fingerprint density at radius 3 is 2.97 bits per heavy atom. The van der Waals surface area contributed by atoms with Gasteiger partial charge >= 0.3 is 0 Å². The monoisotopic (exact) mass is 394 g/mol. The molecule has 150 valence electrons. The molecule has 6 nitrogen and oxygen atoms in total. The Morgan fingerprint density at radius 1 is 1.17 bits per heavy atom. The highest BCUT2D eigenvalue weighted by Crippen LogP contribution is 2.32. The molecule has 2 aromatic carbocycles. The molecule has 0 unspecified atom stereocenters. The molecule has 0 spiro atoms. The quantitative estimate of drug-likeness (QED) is 0.488. The lowest BCUT2D eigenvalue weighted by Crippen LogP contribution is -2.34. The van der Waals surface area contributed by atoms with Gasteiger partial charge in [0, 0.05) is 35.4 Å². The molecule has 3 heterocycles. The third-order valence-corrected chi connectivity index (χ3v) is 5.74. The maximum absolute atomic E-state index is 13.3. The Labute approximate surface area is 167 Å². The zero-order chi connectivity index (χ0) is 19.6. The third-order valence-electron chi connectivity index (χ3n) is 5.74. The summed E-state index contributed by atoms with van der Waals surface area (Å²) in [7, 11) is 0. The second-order valence-corrected chi connectivity index (χ2v) is 7.65. The van der Waals surface area contributed by atoms with Crippen molar-refractivity contribution in [3.63, 3.8) is 0 Å². The van der Waals surface area contributed by atoms with Crippen LogP contribution in [0.25, 0.3) is 21.9 Å². The van der Waals surface area contributed by atoms with E-state index in [9.17, 15) is 4.39 Å². The molecule has 0 atom stereocenters. The minimum absolute atomic E-state index is 0.290. The van der Waals surface area contributed by atoms with Gasteiger partial charge in [-0.15, -0.1) is 0 Å². The number of piperidine rings is 1. The first-order chi connectivity index (χ1) is 14.3. The molecule has 0 aliphatic carbocycles. The van der Waals surface area contributed by atoms with Gasteiger partial charge in [-0.05, 0) is 56.6 Å². The van der Waals surface area contributed by atoms with Crippen molar-refractivity contribution in [1.82, 2.24) is 20.3 Å². The second kappa shape index (κ2) is 7.83. The van der Waals surface area contributed by atoms with E-state index in [1.54, 1.807) is 6.07 Å². The molecule has 5 rings (SSSR count). The van der Waals surface area contributed by atoms with E-state index in [1.807, 2.05) is 24.4 Å². The van der Waals surface area contributed by atoms with E-state index in [1.165, 1.54) is 12.1 Å². The summed E-state index contributed by atoms with van der Waals surface area (Å²) in [6.45, 7) is 3.77. The van der Waals surface area contributed by atoms with Gasteiger partial charge in [-0.1, -0.05) is 5.16 Å². The van der Waals surface area contributed by atoms with Crippen LogP contribution in [0.1, 0.15) is 30.9 Å². The molecule has 7 heteroatoms. The standard InChI is InChI=1S/C22H23FN4O2/c23-17-3-5-19-21(12-17)29-26-22(19)15-6-9-27(10-7-15)8-1-11-28-18-4-2-16-14-24-25-20(16)13-18/h2-5,12-15H,1,6-11H2,(H,24,25). The van der Waals surface area contributed by atoms with E-state index in [2.05, 4.69) is 20.3 Å². The van der Waals surface area contributed by atoms with Gasteiger partial charge in [0.1, 0.15) is 11.6 Å². The van der Waals surface area contributed by atoms with Crippen LogP contribution in [0.15, 0.2) is 47.1 Å². The van der Waals surface area contributed by atoms with Crippen molar-refractivity contribution in [2.45, 2.75) is 25.2 Å². The number of likely N-dealkylation sites (tertiary alicyclic amines) is 1. The number of nitrogens with zero attached hydrogens (tertiary/aromatic N) is 3. The minimum atomic E-state index is -0.290. The zero-order valence-corrected chi connectivity index (χ0v) is 16.1. The van der Waals surface area contributed by atoms with Crippen LogP contribution in [0.5, 0.6) is 5.75 Å². The van der Waals surface area contributed by atoms with Crippen LogP contribution in [0.2, 0.25) is 0 Å². The van der Waals surface area contributed by atoms with Crippen molar-refractivity contribution in [2.75, 3.05) is 26.2 Å². The molecule has 0 saturated carbocycles. The predicted octanol–water partition coefficient (Wildman–Crippen LogP) is 4.49. The molecule has 0 radical (unpaired) electrons. The molecule has 2 aromatic heterocycles. The molecule has 4 aromatic rings. The summed E-state index contributed by atoms with van der Waals surface area (Å²) in [5.41, 5.74) is 2.50. The van der Waals surface area contributed by atoms with Crippen LogP contribution >= 0.6 is 0 Å². The first kappa shape index (κ1) is 18.1. The van der Waals surface area contributed by atoms with Crippen LogP contribution in [-0.4, -0.2) is 46.5 Å². The Kier molecular flexibility index (Phi) is 4.89. The number of aromatic amines is 1. The molecular formula is C22H23FN4O2. The molecule has 1 N–H and O–H groups in total. The summed E-state index contributed by atoms with van der Waals surface area (Å²) in [5.74, 6) is 0.951. The number of H-pyrrole nitrogens is 1. The number of fused-ring (bicyclic) bond motifs is 2. The summed E-state index contributed by atoms with van der Waals surface area (Å²) < 4.78 is 24.6. The van der Waals surface area contributed by atoms with Crippen LogP contribution in [0.4, 0.5) is 4.39 Å². The van der Waals surface area contributed by atoms with Crippen LogP contribution in [-0.2, 0) is 0 Å². The van der Waals surface area contributed by atoms with Crippen molar-refractivity contribution in [1.29, 1.82) is 0 Å². The lowest BCUT2D eigenvalue weighted by molar-refractivity contribution is 0.191. The lowest BCUT2D eigenvalue weighted by atomic mass is 9.91. The molecule has 0 bridgehead atoms. The molecule has 1 aliphatic rings. The molecule has 0 amide bonds. The van der Waals surface area contributed by atoms with E-state index in [-0.39, 0.29) is 5.82 Å². The van der Waals surface area contributed by atoms with Crippen LogP contribution in [0, 0.1) is 5.82 Å². The van der Waals surface area contributed by atoms with Crippen molar-refractivity contribution < 1.29 is 13.7 Å². The zero-order valence-electron chi connectivity index (χ0n) is 16.1. The van der Waals surface area contributed by atoms with E-state index < -0.39 is 0 Å². The summed E-state index contributed by atoms with van der Waals surface area (Å²) in [4.78, 5) is 2.47. The maximum atomic E-state index is 13.3. The van der Waals surface area contributed by atoms with Crippen molar-refractivity contribution >= 4 is 21.9 Å². The number of halogens is 1. The number of hydrogen-bond acceptors (Lipinski definition) is 5. The van der Waals surface area contributed by atoms with Gasteiger partial charge in [0.05, 0.1) is 24.0 Å². The SMILES string of the molecule is Fc1ccc2c(C3CCN(CCCOc4ccc5cn[nH]c5c4)CC3)noc2c1. The lowest BCUT2D eigenvalue weighted by Gasteiger charge is -2.31. The van der Waals surface area contributed by atoms with Gasteiger partial charge < -0.3 is 14.2 Å². The van der Waals surface area contributed by atoms with Crippen molar-refractivity contribution in [2.24, 2.45) is 0 Å². The fraction of sp³-hybridized carbons (Fsp3) is 0.364. The van der Waals surface area contributed by atoms with Crippen molar-refractivity contribution in [3.05, 3.63) is 54.1 Å². The average molecular weight is 394 g/mol. The molecule has 1 saturated heterocycles. The average Bonchev–Trinajstić information content (AvgIpc) is 3.38. The van der Waals surface area contributed by atoms with Gasteiger partial charge in [-0.3, -0.25) is 5.10 Å². The smallest absolute Gasteiger partial charge is 0.170 e. The first-order valence-corrected chi connectivity index (χ1v) is 10.1. The number of benzene rings is 2. The molecule has 1 fully saturated rings. The fourth-order valence-electron chi connectivity index (χ4n) is 4.14. The Bertz CT molecular complexity index is 1110. The summed E-state index contributed by atoms with van der Waals surface area (Å²) in [6, 6.07) is 10.6. The first-order valence-electron chi connectivity index (χ1n) is 10.1. The third kappa shape index (κ3) is 3.82. The Hall–Kier alpha value is -2.93. The number of rotatable bonds is 6. The van der Waals surface area contributed by atoms with Gasteiger partial charge in [0.25, 0.3) is 0 Å². The van der Waals surface area contributed by atoms with E-state index in [4.69, 9.17) is 9.26 Å². The largest absolute Gasteiger partial charge is 0.493 e. The number of aromatic nitrogens is 3. The van der Waals surface area contributed by atoms with Gasteiger partial charge in [-0.2, -0.15) is 5.10 Å². The summed E-state index contributed by atoms with van der Waals surface area (Å²) in [6.07, 6.45) is 4.87. The maximum Gasteiger partial charge on any atom is 0.170 e. The van der Waals surface area contributed by atoms with Crippen molar-refractivity contribution in [3.8, 4) is 5.75 Å². The van der Waals surface area contributed by atoms with Gasteiger partial charge in [-0.25, -0.2) is 4.39 Å². The fourth-order valence-corrected chi connectivity index (χ4v) is 4.14. The van der Waals surface area contributed by atoms with Gasteiger partial charge in [0.2, 0.25) is 0 Å². The molecular weight excluding hydrogens is 371 g/mol. The molecule has 29 heavy (non-hydrogen) atoms. The van der Waals surface area contributed by atoms with Crippen LogP contribution < -0.4 is 4.74 Å². The second-order valence-electron chi connectivity index (χ2n) is 7.65. The highest BCUT2D eigenvalue weighted by molar-refractivity contribution is 5.80. The van der Waals surface area contributed by atoms with E-state index >= 15 is 0 Å².